The van der Waals surface area contributed by atoms with Gasteiger partial charge in [-0.05, 0) is 71.1 Å². The third-order valence-electron chi connectivity index (χ3n) is 4.67. The highest BCUT2D eigenvalue weighted by atomic mass is 35.5. The number of ether oxygens (including phenoxy) is 2. The Bertz CT molecular complexity index is 1250. The van der Waals surface area contributed by atoms with Crippen molar-refractivity contribution in [1.29, 1.82) is 0 Å². The van der Waals surface area contributed by atoms with Crippen LogP contribution < -0.4 is 14.8 Å². The van der Waals surface area contributed by atoms with Gasteiger partial charge in [0.25, 0.3) is 11.8 Å². The van der Waals surface area contributed by atoms with E-state index in [0.717, 1.165) is 28.1 Å². The summed E-state index contributed by atoms with van der Waals surface area (Å²) < 4.78 is 10.9. The number of hydrogen-bond donors (Lipinski definition) is 1. The van der Waals surface area contributed by atoms with Crippen LogP contribution in [0.3, 0.4) is 0 Å². The van der Waals surface area contributed by atoms with Crippen LogP contribution in [-0.2, 0) is 4.79 Å². The number of carbonyl (C=O) groups excluding carboxylic acids is 2. The Hall–Kier alpha value is -3.29. The molecule has 0 unspecified atom stereocenters. The molecule has 0 atom stereocenters. The van der Waals surface area contributed by atoms with Crippen LogP contribution in [0.4, 0.5) is 0 Å². The predicted molar refractivity (Wildman–Crippen MR) is 124 cm³/mol. The number of thioether (sulfide) groups is 1. The number of amides is 2. The molecule has 31 heavy (non-hydrogen) atoms. The summed E-state index contributed by atoms with van der Waals surface area (Å²) in [5, 5.41) is 5.23. The Morgan fingerprint density at radius 1 is 1.06 bits per heavy atom. The van der Waals surface area contributed by atoms with Gasteiger partial charge in [0.15, 0.2) is 5.17 Å². The molecule has 0 saturated carbocycles. The molecule has 1 fully saturated rings. The summed E-state index contributed by atoms with van der Waals surface area (Å²) in [6.45, 7) is 0. The zero-order valence-electron chi connectivity index (χ0n) is 16.6. The minimum atomic E-state index is -0.465. The van der Waals surface area contributed by atoms with Crippen LogP contribution in [0.5, 0.6) is 11.5 Å². The van der Waals surface area contributed by atoms with E-state index in [4.69, 9.17) is 21.1 Å². The van der Waals surface area contributed by atoms with Crippen LogP contribution in [0.1, 0.15) is 15.9 Å². The molecule has 6 nitrogen and oxygen atoms in total. The van der Waals surface area contributed by atoms with E-state index in [1.807, 2.05) is 30.3 Å². The van der Waals surface area contributed by atoms with E-state index in [-0.39, 0.29) is 11.1 Å². The number of nitrogens with one attached hydrogen (secondary N) is 1. The maximum atomic E-state index is 12.5. The van der Waals surface area contributed by atoms with E-state index < -0.39 is 5.91 Å². The Balaban J connectivity index is 1.69. The van der Waals surface area contributed by atoms with Crippen molar-refractivity contribution in [2.75, 3.05) is 14.2 Å². The van der Waals surface area contributed by atoms with E-state index in [1.54, 1.807) is 44.6 Å². The first-order valence-corrected chi connectivity index (χ1v) is 10.4. The van der Waals surface area contributed by atoms with Crippen molar-refractivity contribution in [2.45, 2.75) is 0 Å². The molecule has 3 aromatic carbocycles. The van der Waals surface area contributed by atoms with Gasteiger partial charge >= 0.3 is 0 Å². The Morgan fingerprint density at radius 3 is 2.52 bits per heavy atom. The molecule has 3 aromatic rings. The van der Waals surface area contributed by atoms with Gasteiger partial charge in [-0.3, -0.25) is 9.59 Å². The number of benzene rings is 3. The fraction of sp³-hybridized carbons (Fsp3) is 0.0870. The van der Waals surface area contributed by atoms with Gasteiger partial charge in [-0.15, -0.1) is 0 Å². The van der Waals surface area contributed by atoms with Gasteiger partial charge in [0, 0.05) is 16.1 Å². The lowest BCUT2D eigenvalue weighted by atomic mass is 10.0. The molecule has 156 valence electrons. The van der Waals surface area contributed by atoms with E-state index in [1.165, 1.54) is 0 Å². The van der Waals surface area contributed by atoms with Gasteiger partial charge in [-0.1, -0.05) is 23.7 Å². The number of methoxy groups -OCH3 is 2. The third kappa shape index (κ3) is 4.42. The second kappa shape index (κ2) is 8.83. The number of hydrogen-bond acceptors (Lipinski definition) is 5. The molecule has 8 heteroatoms. The Labute approximate surface area is 187 Å². The van der Waals surface area contributed by atoms with E-state index in [9.17, 15) is 9.59 Å². The van der Waals surface area contributed by atoms with E-state index in [0.29, 0.717) is 27.0 Å². The summed E-state index contributed by atoms with van der Waals surface area (Å²) in [6.07, 6.45) is 1.73. The molecule has 2 amide bonds. The minimum absolute atomic E-state index is 0.216. The highest BCUT2D eigenvalue weighted by molar-refractivity contribution is 8.18. The van der Waals surface area contributed by atoms with E-state index >= 15 is 0 Å². The molecule has 4 rings (SSSR count). The molecule has 1 aliphatic rings. The van der Waals surface area contributed by atoms with Crippen LogP contribution >= 0.6 is 23.4 Å². The molecular formula is C23H17ClN2O4S. The predicted octanol–water partition coefficient (Wildman–Crippen LogP) is 4.91. The first kappa shape index (κ1) is 21.0. The quantitative estimate of drug-likeness (QED) is 0.569. The summed E-state index contributed by atoms with van der Waals surface area (Å²) in [5.74, 6) is 0.506. The van der Waals surface area contributed by atoms with Crippen LogP contribution in [0.2, 0.25) is 5.02 Å². The molecule has 1 heterocycles. The number of carbonyl (C=O) groups is 2. The van der Waals surface area contributed by atoms with Crippen molar-refractivity contribution < 1.29 is 19.1 Å². The fourth-order valence-corrected chi connectivity index (χ4v) is 4.04. The third-order valence-corrected chi connectivity index (χ3v) is 5.83. The van der Waals surface area contributed by atoms with Crippen LogP contribution in [0, 0.1) is 0 Å². The van der Waals surface area contributed by atoms with Crippen molar-refractivity contribution in [3.63, 3.8) is 0 Å². The van der Waals surface area contributed by atoms with Gasteiger partial charge < -0.3 is 14.8 Å². The van der Waals surface area contributed by atoms with Crippen molar-refractivity contribution >= 4 is 57.2 Å². The van der Waals surface area contributed by atoms with Crippen molar-refractivity contribution in [3.8, 4) is 11.5 Å². The number of aliphatic imine (C=N–C) groups is 1. The molecule has 1 saturated heterocycles. The van der Waals surface area contributed by atoms with Crippen molar-refractivity contribution in [1.82, 2.24) is 5.32 Å². The first-order chi connectivity index (χ1) is 15.0. The zero-order chi connectivity index (χ0) is 22.0. The standard InChI is InChI=1S/C23H17ClN2O4S/c1-29-16-9-5-13-6-10-19(30-2)18(17(13)11-16)12-20-22(28)26-23(31-20)25-21(27)14-3-7-15(24)8-4-14/h3-12H,1-2H3,(H,25,26,27,28)/b20-12-. The Kier molecular flexibility index (Phi) is 5.97. The number of rotatable bonds is 4. The SMILES string of the molecule is COc1ccc2ccc(OC)c(/C=C3\SC(=NC(=O)c4ccc(Cl)cc4)NC3=O)c2c1. The van der Waals surface area contributed by atoms with Gasteiger partial charge in [0.2, 0.25) is 0 Å². The van der Waals surface area contributed by atoms with E-state index in [2.05, 4.69) is 10.3 Å². The molecule has 0 aromatic heterocycles. The zero-order valence-corrected chi connectivity index (χ0v) is 18.2. The van der Waals surface area contributed by atoms with Crippen molar-refractivity contribution in [2.24, 2.45) is 4.99 Å². The summed E-state index contributed by atoms with van der Waals surface area (Å²) in [6, 6.07) is 15.9. The van der Waals surface area contributed by atoms with Crippen LogP contribution in [0.15, 0.2) is 64.5 Å². The van der Waals surface area contributed by atoms with Gasteiger partial charge in [0.05, 0.1) is 19.1 Å². The second-order valence-corrected chi connectivity index (χ2v) is 8.03. The monoisotopic (exact) mass is 452 g/mol. The summed E-state index contributed by atoms with van der Waals surface area (Å²) in [4.78, 5) is 29.3. The number of fused-ring (bicyclic) bond motifs is 1. The topological polar surface area (TPSA) is 77.0 Å². The molecule has 0 radical (unpaired) electrons. The number of nitrogens with zero attached hydrogens (tertiary/aromatic N) is 1. The number of amidine groups is 1. The van der Waals surface area contributed by atoms with Gasteiger partial charge in [0.1, 0.15) is 11.5 Å². The normalized spacial score (nSPS) is 16.0. The molecule has 1 aliphatic heterocycles. The smallest absolute Gasteiger partial charge is 0.279 e. The summed E-state index contributed by atoms with van der Waals surface area (Å²) in [5.41, 5.74) is 1.12. The number of halogens is 1. The van der Waals surface area contributed by atoms with Crippen molar-refractivity contribution in [3.05, 3.63) is 75.7 Å². The first-order valence-electron chi connectivity index (χ1n) is 9.22. The lowest BCUT2D eigenvalue weighted by Gasteiger charge is -2.10. The maximum Gasteiger partial charge on any atom is 0.279 e. The summed E-state index contributed by atoms with van der Waals surface area (Å²) in [7, 11) is 3.17. The minimum Gasteiger partial charge on any atom is -0.497 e. The average molecular weight is 453 g/mol. The molecule has 0 spiro atoms. The maximum absolute atomic E-state index is 12.5. The molecular weight excluding hydrogens is 436 g/mol. The lowest BCUT2D eigenvalue weighted by molar-refractivity contribution is -0.115. The van der Waals surface area contributed by atoms with Gasteiger partial charge in [-0.25, -0.2) is 0 Å². The highest BCUT2D eigenvalue weighted by Crippen LogP contribution is 2.35. The van der Waals surface area contributed by atoms with Crippen LogP contribution in [0.25, 0.3) is 16.8 Å². The summed E-state index contributed by atoms with van der Waals surface area (Å²) >= 11 is 6.95. The van der Waals surface area contributed by atoms with Crippen LogP contribution in [-0.4, -0.2) is 31.2 Å². The highest BCUT2D eigenvalue weighted by Gasteiger charge is 2.25. The molecule has 0 aliphatic carbocycles. The Morgan fingerprint density at radius 2 is 1.81 bits per heavy atom. The fourth-order valence-electron chi connectivity index (χ4n) is 3.12. The second-order valence-electron chi connectivity index (χ2n) is 6.56. The van der Waals surface area contributed by atoms with Gasteiger partial charge in [-0.2, -0.15) is 4.99 Å². The lowest BCUT2D eigenvalue weighted by Crippen LogP contribution is -2.20. The largest absolute Gasteiger partial charge is 0.497 e. The molecule has 1 N–H and O–H groups in total. The molecule has 0 bridgehead atoms. The average Bonchev–Trinajstić information content (AvgIpc) is 3.12.